The molecule has 0 saturated heterocycles. The Morgan fingerprint density at radius 1 is 1.00 bits per heavy atom. The highest BCUT2D eigenvalue weighted by Gasteiger charge is 2.55. The van der Waals surface area contributed by atoms with Crippen molar-refractivity contribution in [3.8, 4) is 0 Å². The van der Waals surface area contributed by atoms with E-state index in [2.05, 4.69) is 5.32 Å². The Labute approximate surface area is 198 Å². The van der Waals surface area contributed by atoms with Crippen LogP contribution in [0.2, 0.25) is 0 Å². The number of carbonyl (C=O) groups excluding carboxylic acids is 1. The van der Waals surface area contributed by atoms with Crippen molar-refractivity contribution < 1.29 is 31.5 Å². The standard InChI is InChI=1S/C25H30F3NO4S/c1-2-34(32,33)22-14-8-18(9-15-22)16-23(30)29-21-12-10-20(11-13-21)24(31,25(26,27)28)17-19-6-4-3-5-7-19/h8-15,19,31H,2-7,16-17H2,1H3,(H,29,30). The predicted molar refractivity (Wildman–Crippen MR) is 124 cm³/mol. The zero-order valence-electron chi connectivity index (χ0n) is 19.1. The molecule has 0 aliphatic heterocycles. The first kappa shape index (κ1) is 26.2. The molecule has 34 heavy (non-hydrogen) atoms. The van der Waals surface area contributed by atoms with E-state index in [1.165, 1.54) is 36.4 Å². The van der Waals surface area contributed by atoms with Gasteiger partial charge in [-0.1, -0.05) is 63.3 Å². The number of carbonyl (C=O) groups is 1. The van der Waals surface area contributed by atoms with Gasteiger partial charge in [-0.2, -0.15) is 13.2 Å². The molecule has 186 valence electrons. The number of hydrogen-bond donors (Lipinski definition) is 2. The zero-order valence-corrected chi connectivity index (χ0v) is 19.9. The van der Waals surface area contributed by atoms with Crippen LogP contribution in [0, 0.1) is 5.92 Å². The number of amides is 1. The number of nitrogens with one attached hydrogen (secondary N) is 1. The maximum atomic E-state index is 13.9. The SMILES string of the molecule is CCS(=O)(=O)c1ccc(CC(=O)Nc2ccc(C(O)(CC3CCCCC3)C(F)(F)F)cc2)cc1. The van der Waals surface area contributed by atoms with Crippen molar-refractivity contribution in [1.29, 1.82) is 0 Å². The third kappa shape index (κ3) is 6.18. The number of hydrogen-bond acceptors (Lipinski definition) is 4. The molecule has 2 N–H and O–H groups in total. The molecule has 9 heteroatoms. The first-order valence-corrected chi connectivity index (χ1v) is 13.1. The van der Waals surface area contributed by atoms with Gasteiger partial charge in [0, 0.05) is 5.69 Å². The topological polar surface area (TPSA) is 83.5 Å². The smallest absolute Gasteiger partial charge is 0.376 e. The monoisotopic (exact) mass is 497 g/mol. The number of alkyl halides is 3. The fourth-order valence-corrected chi connectivity index (χ4v) is 5.29. The summed E-state index contributed by atoms with van der Waals surface area (Å²) in [6.07, 6.45) is -1.09. The second kappa shape index (κ2) is 10.5. The molecule has 1 amide bonds. The van der Waals surface area contributed by atoms with E-state index >= 15 is 0 Å². The maximum absolute atomic E-state index is 13.9. The summed E-state index contributed by atoms with van der Waals surface area (Å²) in [6, 6.07) is 11.1. The Hall–Kier alpha value is -2.39. The van der Waals surface area contributed by atoms with Crippen LogP contribution in [0.3, 0.4) is 0 Å². The van der Waals surface area contributed by atoms with Gasteiger partial charge < -0.3 is 10.4 Å². The van der Waals surface area contributed by atoms with Gasteiger partial charge in [0.2, 0.25) is 5.91 Å². The van der Waals surface area contributed by atoms with E-state index in [0.717, 1.165) is 19.3 Å². The molecule has 1 atom stereocenters. The molecule has 3 rings (SSSR count). The zero-order chi connectivity index (χ0) is 25.0. The molecule has 1 fully saturated rings. The molecular formula is C25H30F3NO4S. The Bertz CT molecular complexity index is 1080. The Morgan fingerprint density at radius 3 is 2.12 bits per heavy atom. The van der Waals surface area contributed by atoms with E-state index in [1.807, 2.05) is 0 Å². The predicted octanol–water partition coefficient (Wildman–Crippen LogP) is 5.38. The Morgan fingerprint density at radius 2 is 1.59 bits per heavy atom. The van der Waals surface area contributed by atoms with Crippen molar-refractivity contribution in [2.75, 3.05) is 11.1 Å². The lowest BCUT2D eigenvalue weighted by Gasteiger charge is -2.35. The van der Waals surface area contributed by atoms with Gasteiger partial charge in [0.15, 0.2) is 15.4 Å². The second-order valence-corrected chi connectivity index (χ2v) is 11.2. The first-order chi connectivity index (χ1) is 15.9. The average molecular weight is 498 g/mol. The van der Waals surface area contributed by atoms with Crippen molar-refractivity contribution in [2.45, 2.75) is 68.5 Å². The average Bonchev–Trinajstić information content (AvgIpc) is 2.79. The minimum atomic E-state index is -4.81. The molecule has 0 radical (unpaired) electrons. The maximum Gasteiger partial charge on any atom is 0.421 e. The molecule has 5 nitrogen and oxygen atoms in total. The van der Waals surface area contributed by atoms with Gasteiger partial charge in [-0.3, -0.25) is 4.79 Å². The van der Waals surface area contributed by atoms with E-state index in [-0.39, 0.29) is 35.0 Å². The van der Waals surface area contributed by atoms with Crippen molar-refractivity contribution in [3.05, 3.63) is 59.7 Å². The van der Waals surface area contributed by atoms with Crippen LogP contribution in [0.1, 0.15) is 56.6 Å². The highest BCUT2D eigenvalue weighted by atomic mass is 32.2. The first-order valence-electron chi connectivity index (χ1n) is 11.5. The molecule has 0 heterocycles. The van der Waals surface area contributed by atoms with Crippen LogP contribution in [0.15, 0.2) is 53.4 Å². The number of rotatable bonds is 8. The summed E-state index contributed by atoms with van der Waals surface area (Å²) in [5.74, 6) is -0.599. The van der Waals surface area contributed by atoms with Gasteiger partial charge in [-0.15, -0.1) is 0 Å². The molecule has 1 saturated carbocycles. The number of aliphatic hydroxyl groups is 1. The lowest BCUT2D eigenvalue weighted by Crippen LogP contribution is -2.44. The Balaban J connectivity index is 1.67. The minimum absolute atomic E-state index is 0.0209. The van der Waals surface area contributed by atoms with Crippen LogP contribution >= 0.6 is 0 Å². The van der Waals surface area contributed by atoms with E-state index in [4.69, 9.17) is 0 Å². The molecular weight excluding hydrogens is 467 g/mol. The second-order valence-electron chi connectivity index (χ2n) is 8.92. The van der Waals surface area contributed by atoms with Crippen LogP contribution in [0.4, 0.5) is 18.9 Å². The molecule has 1 unspecified atom stereocenters. The number of sulfone groups is 1. The normalized spacial score (nSPS) is 17.2. The van der Waals surface area contributed by atoms with Crippen molar-refractivity contribution in [1.82, 2.24) is 0 Å². The fraction of sp³-hybridized carbons (Fsp3) is 0.480. The van der Waals surface area contributed by atoms with E-state index in [0.29, 0.717) is 24.1 Å². The molecule has 0 spiro atoms. The molecule has 2 aromatic carbocycles. The summed E-state index contributed by atoms with van der Waals surface area (Å²) in [6.45, 7) is 1.55. The lowest BCUT2D eigenvalue weighted by molar-refractivity contribution is -0.273. The largest absolute Gasteiger partial charge is 0.421 e. The van der Waals surface area contributed by atoms with Crippen LogP contribution < -0.4 is 5.32 Å². The Kier molecular flexibility index (Phi) is 8.08. The van der Waals surface area contributed by atoms with Gasteiger partial charge in [-0.25, -0.2) is 8.42 Å². The van der Waals surface area contributed by atoms with Crippen LogP contribution in [-0.4, -0.2) is 31.4 Å². The van der Waals surface area contributed by atoms with Gasteiger partial charge in [0.25, 0.3) is 0 Å². The summed E-state index contributed by atoms with van der Waals surface area (Å²) in [7, 11) is -3.33. The van der Waals surface area contributed by atoms with Gasteiger partial charge in [-0.05, 0) is 47.7 Å². The molecule has 0 bridgehead atoms. The van der Waals surface area contributed by atoms with Gasteiger partial charge >= 0.3 is 6.18 Å². The van der Waals surface area contributed by atoms with Gasteiger partial charge in [0.1, 0.15) is 0 Å². The molecule has 2 aromatic rings. The lowest BCUT2D eigenvalue weighted by atomic mass is 9.77. The van der Waals surface area contributed by atoms with Crippen LogP contribution in [0.5, 0.6) is 0 Å². The quantitative estimate of drug-likeness (QED) is 0.513. The third-order valence-corrected chi connectivity index (χ3v) is 8.20. The summed E-state index contributed by atoms with van der Waals surface area (Å²) < 4.78 is 65.4. The molecule has 1 aliphatic carbocycles. The van der Waals surface area contributed by atoms with E-state index < -0.39 is 27.5 Å². The number of anilines is 1. The molecule has 0 aromatic heterocycles. The van der Waals surface area contributed by atoms with Crippen LogP contribution in [0.25, 0.3) is 0 Å². The van der Waals surface area contributed by atoms with Crippen molar-refractivity contribution in [2.24, 2.45) is 5.92 Å². The van der Waals surface area contributed by atoms with E-state index in [1.54, 1.807) is 19.1 Å². The van der Waals surface area contributed by atoms with Crippen molar-refractivity contribution >= 4 is 21.4 Å². The van der Waals surface area contributed by atoms with Crippen molar-refractivity contribution in [3.63, 3.8) is 0 Å². The third-order valence-electron chi connectivity index (χ3n) is 6.45. The van der Waals surface area contributed by atoms with Gasteiger partial charge in [0.05, 0.1) is 17.1 Å². The summed E-state index contributed by atoms with van der Waals surface area (Å²) in [5, 5.41) is 13.3. The summed E-state index contributed by atoms with van der Waals surface area (Å²) in [5.41, 5.74) is -2.27. The molecule has 1 aliphatic rings. The minimum Gasteiger partial charge on any atom is -0.376 e. The summed E-state index contributed by atoms with van der Waals surface area (Å²) >= 11 is 0. The van der Waals surface area contributed by atoms with Crippen LogP contribution in [-0.2, 0) is 26.7 Å². The number of halogens is 3. The highest BCUT2D eigenvalue weighted by Crippen LogP contribution is 2.46. The summed E-state index contributed by atoms with van der Waals surface area (Å²) in [4.78, 5) is 12.5. The number of benzene rings is 2. The van der Waals surface area contributed by atoms with E-state index in [9.17, 15) is 31.5 Å². The fourth-order valence-electron chi connectivity index (χ4n) is 4.41. The highest BCUT2D eigenvalue weighted by molar-refractivity contribution is 7.91.